The lowest BCUT2D eigenvalue weighted by molar-refractivity contribution is -0.124. The fourth-order valence-electron chi connectivity index (χ4n) is 1.72. The van der Waals surface area contributed by atoms with Crippen molar-refractivity contribution >= 4 is 12.0 Å². The Hall–Kier alpha value is -1.26. The molecule has 1 aliphatic rings. The number of nitrogens with zero attached hydrogens (tertiary/aromatic N) is 1. The van der Waals surface area contributed by atoms with E-state index in [1.165, 1.54) is 4.90 Å². The Morgan fingerprint density at radius 2 is 2.14 bits per heavy atom. The molecule has 0 aromatic carbocycles. The van der Waals surface area contributed by atoms with Crippen molar-refractivity contribution in [3.05, 3.63) is 0 Å². The first kappa shape index (κ1) is 10.8. The maximum absolute atomic E-state index is 11.4. The van der Waals surface area contributed by atoms with Crippen LogP contribution in [0, 0.1) is 0 Å². The zero-order valence-corrected chi connectivity index (χ0v) is 8.70. The van der Waals surface area contributed by atoms with Crippen LogP contribution in [0.25, 0.3) is 0 Å². The number of carboxylic acid groups (broad SMARTS) is 1. The maximum atomic E-state index is 11.4. The van der Waals surface area contributed by atoms with Crippen molar-refractivity contribution in [2.45, 2.75) is 38.8 Å². The second-order valence-corrected chi connectivity index (χ2v) is 4.42. The molecule has 0 radical (unpaired) electrons. The van der Waals surface area contributed by atoms with Crippen LogP contribution in [0.15, 0.2) is 0 Å². The molecule has 1 fully saturated rings. The molecule has 2 amide bonds. The smallest absolute Gasteiger partial charge is 0.408 e. The zero-order valence-electron chi connectivity index (χ0n) is 8.70. The minimum atomic E-state index is -1.04. The minimum absolute atomic E-state index is 0.192. The monoisotopic (exact) mass is 200 g/mol. The molecule has 1 heterocycles. The Bertz CT molecular complexity index is 257. The van der Waals surface area contributed by atoms with Crippen LogP contribution in [0.4, 0.5) is 4.79 Å². The molecule has 5 heteroatoms. The normalized spacial score (nSPS) is 21.9. The summed E-state index contributed by atoms with van der Waals surface area (Å²) in [4.78, 5) is 23.6. The topological polar surface area (TPSA) is 69.6 Å². The summed E-state index contributed by atoms with van der Waals surface area (Å²) in [5.41, 5.74) is -0.543. The van der Waals surface area contributed by atoms with Crippen LogP contribution in [0.2, 0.25) is 0 Å². The maximum Gasteiger partial charge on any atom is 0.408 e. The van der Waals surface area contributed by atoms with Crippen molar-refractivity contribution in [3.8, 4) is 0 Å². The Kier molecular flexibility index (Phi) is 2.69. The third-order valence-electron chi connectivity index (χ3n) is 2.26. The highest BCUT2D eigenvalue weighted by atomic mass is 16.4. The second kappa shape index (κ2) is 3.48. The van der Waals surface area contributed by atoms with Gasteiger partial charge in [0.25, 0.3) is 0 Å². The van der Waals surface area contributed by atoms with Crippen molar-refractivity contribution in [3.63, 3.8) is 0 Å². The van der Waals surface area contributed by atoms with Gasteiger partial charge < -0.3 is 10.4 Å². The summed E-state index contributed by atoms with van der Waals surface area (Å²) in [7, 11) is 0. The third-order valence-corrected chi connectivity index (χ3v) is 2.26. The van der Waals surface area contributed by atoms with Crippen LogP contribution >= 0.6 is 0 Å². The molecule has 0 aliphatic carbocycles. The van der Waals surface area contributed by atoms with Gasteiger partial charge in [-0.05, 0) is 27.2 Å². The highest BCUT2D eigenvalue weighted by Crippen LogP contribution is 2.21. The molecule has 0 bridgehead atoms. The minimum Gasteiger partial charge on any atom is -0.465 e. The van der Waals surface area contributed by atoms with Crippen LogP contribution in [0.1, 0.15) is 27.2 Å². The van der Waals surface area contributed by atoms with Gasteiger partial charge in [0, 0.05) is 12.1 Å². The molecular formula is C9H16N2O3. The summed E-state index contributed by atoms with van der Waals surface area (Å²) in [5.74, 6) is -0.192. The van der Waals surface area contributed by atoms with Gasteiger partial charge in [-0.2, -0.15) is 0 Å². The molecule has 0 saturated carbocycles. The molecule has 1 aliphatic heterocycles. The van der Waals surface area contributed by atoms with Crippen molar-refractivity contribution in [2.24, 2.45) is 0 Å². The predicted octanol–water partition coefficient (Wildman–Crippen LogP) is 0.653. The summed E-state index contributed by atoms with van der Waals surface area (Å²) in [5, 5.41) is 11.7. The van der Waals surface area contributed by atoms with E-state index in [2.05, 4.69) is 5.32 Å². The van der Waals surface area contributed by atoms with Gasteiger partial charge >= 0.3 is 6.09 Å². The van der Waals surface area contributed by atoms with E-state index in [0.29, 0.717) is 13.0 Å². The molecule has 80 valence electrons. The summed E-state index contributed by atoms with van der Waals surface area (Å²) in [6.45, 7) is 5.91. The largest absolute Gasteiger partial charge is 0.465 e. The van der Waals surface area contributed by atoms with Crippen LogP contribution in [-0.4, -0.2) is 40.1 Å². The highest BCUT2D eigenvalue weighted by Gasteiger charge is 2.39. The molecule has 0 spiro atoms. The molecule has 0 aromatic heterocycles. The van der Waals surface area contributed by atoms with Crippen molar-refractivity contribution in [2.75, 3.05) is 6.54 Å². The summed E-state index contributed by atoms with van der Waals surface area (Å²) >= 11 is 0. The number of hydrogen-bond acceptors (Lipinski definition) is 2. The van der Waals surface area contributed by atoms with Crippen molar-refractivity contribution in [1.29, 1.82) is 0 Å². The first-order chi connectivity index (χ1) is 6.34. The standard InChI is InChI=1S/C9H16N2O3/c1-9(2,3)11(8(13)14)6-4-5-10-7(6)12/h6H,4-5H2,1-3H3,(H,10,12)(H,13,14)/t6-/m0/s1. The molecule has 14 heavy (non-hydrogen) atoms. The van der Waals surface area contributed by atoms with Gasteiger partial charge in [-0.1, -0.05) is 0 Å². The Morgan fingerprint density at radius 3 is 2.43 bits per heavy atom. The van der Waals surface area contributed by atoms with Crippen molar-refractivity contribution in [1.82, 2.24) is 10.2 Å². The van der Waals surface area contributed by atoms with Gasteiger partial charge in [0.15, 0.2) is 0 Å². The van der Waals surface area contributed by atoms with Gasteiger partial charge in [-0.3, -0.25) is 9.69 Å². The quantitative estimate of drug-likeness (QED) is 0.653. The van der Waals surface area contributed by atoms with Crippen LogP contribution in [0.3, 0.4) is 0 Å². The van der Waals surface area contributed by atoms with E-state index in [1.54, 1.807) is 20.8 Å². The average Bonchev–Trinajstić information content (AvgIpc) is 2.32. The van der Waals surface area contributed by atoms with E-state index in [9.17, 15) is 9.59 Å². The Balaban J connectivity index is 2.88. The lowest BCUT2D eigenvalue weighted by atomic mass is 10.0. The molecule has 1 atom stereocenters. The highest BCUT2D eigenvalue weighted by molar-refractivity contribution is 5.87. The van der Waals surface area contributed by atoms with Crippen LogP contribution in [-0.2, 0) is 4.79 Å². The molecule has 1 rings (SSSR count). The number of amides is 2. The summed E-state index contributed by atoms with van der Waals surface area (Å²) < 4.78 is 0. The van der Waals surface area contributed by atoms with E-state index in [-0.39, 0.29) is 5.91 Å². The first-order valence-corrected chi connectivity index (χ1v) is 4.64. The van der Waals surface area contributed by atoms with Crippen LogP contribution < -0.4 is 5.32 Å². The number of carbonyl (C=O) groups excluding carboxylic acids is 1. The van der Waals surface area contributed by atoms with Crippen molar-refractivity contribution < 1.29 is 14.7 Å². The molecule has 1 saturated heterocycles. The van der Waals surface area contributed by atoms with E-state index in [4.69, 9.17) is 5.11 Å². The van der Waals surface area contributed by atoms with Gasteiger partial charge in [0.05, 0.1) is 0 Å². The van der Waals surface area contributed by atoms with E-state index >= 15 is 0 Å². The van der Waals surface area contributed by atoms with E-state index in [0.717, 1.165) is 0 Å². The molecule has 0 aromatic rings. The number of hydrogen-bond donors (Lipinski definition) is 2. The SMILES string of the molecule is CC(C)(C)N(C(=O)O)[C@H]1CCNC1=O. The average molecular weight is 200 g/mol. The van der Waals surface area contributed by atoms with Gasteiger partial charge in [0.1, 0.15) is 6.04 Å². The number of rotatable bonds is 1. The van der Waals surface area contributed by atoms with Gasteiger partial charge in [-0.25, -0.2) is 4.79 Å². The van der Waals surface area contributed by atoms with Crippen LogP contribution in [0.5, 0.6) is 0 Å². The fraction of sp³-hybridized carbons (Fsp3) is 0.778. The fourth-order valence-corrected chi connectivity index (χ4v) is 1.72. The lowest BCUT2D eigenvalue weighted by Crippen LogP contribution is -2.53. The molecule has 5 nitrogen and oxygen atoms in total. The van der Waals surface area contributed by atoms with Gasteiger partial charge in [0.2, 0.25) is 5.91 Å². The second-order valence-electron chi connectivity index (χ2n) is 4.42. The van der Waals surface area contributed by atoms with E-state index in [1.807, 2.05) is 0 Å². The molecule has 0 unspecified atom stereocenters. The lowest BCUT2D eigenvalue weighted by Gasteiger charge is -2.36. The number of carbonyl (C=O) groups is 2. The van der Waals surface area contributed by atoms with Gasteiger partial charge in [-0.15, -0.1) is 0 Å². The Morgan fingerprint density at radius 1 is 1.57 bits per heavy atom. The Labute approximate surface area is 83.1 Å². The third kappa shape index (κ3) is 1.97. The number of nitrogens with one attached hydrogen (secondary N) is 1. The predicted molar refractivity (Wildman–Crippen MR) is 51.0 cm³/mol. The van der Waals surface area contributed by atoms with E-state index < -0.39 is 17.7 Å². The zero-order chi connectivity index (χ0) is 10.9. The molecular weight excluding hydrogens is 184 g/mol. The molecule has 2 N–H and O–H groups in total. The summed E-state index contributed by atoms with van der Waals surface area (Å²) in [6, 6.07) is -0.535. The summed E-state index contributed by atoms with van der Waals surface area (Å²) in [6.07, 6.45) is -0.484. The first-order valence-electron chi connectivity index (χ1n) is 4.64.